The number of sulfonamides is 1. The van der Waals surface area contributed by atoms with Gasteiger partial charge >= 0.3 is 6.03 Å². The fraction of sp³-hybridized carbons (Fsp3) is 0.474. The van der Waals surface area contributed by atoms with Gasteiger partial charge in [-0.3, -0.25) is 10.1 Å². The number of benzene rings is 1. The molecule has 2 aliphatic rings. The van der Waals surface area contributed by atoms with Crippen LogP contribution in [0.25, 0.3) is 0 Å². The van der Waals surface area contributed by atoms with E-state index in [1.807, 2.05) is 0 Å². The Morgan fingerprint density at radius 2 is 2.16 bits per heavy atom. The van der Waals surface area contributed by atoms with E-state index in [9.17, 15) is 22.4 Å². The fourth-order valence-electron chi connectivity index (χ4n) is 3.13. The van der Waals surface area contributed by atoms with Crippen molar-refractivity contribution in [3.63, 3.8) is 0 Å². The summed E-state index contributed by atoms with van der Waals surface area (Å²) >= 11 is 0. The van der Waals surface area contributed by atoms with Crippen molar-refractivity contribution >= 4 is 22.0 Å². The molecular weight excluding hydrogens is 445 g/mol. The first-order valence-electron chi connectivity index (χ1n) is 10.0. The van der Waals surface area contributed by atoms with Crippen molar-refractivity contribution in [3.05, 3.63) is 41.3 Å². The molecule has 1 aliphatic heterocycles. The molecule has 13 heteroatoms. The van der Waals surface area contributed by atoms with Crippen LogP contribution in [0.2, 0.25) is 0 Å². The number of nitrogens with zero attached hydrogens (tertiary/aromatic N) is 3. The van der Waals surface area contributed by atoms with Crippen molar-refractivity contribution in [3.8, 4) is 5.75 Å². The maximum Gasteiger partial charge on any atom is 0.325 e. The molecule has 172 valence electrons. The Bertz CT molecular complexity index is 1130. The van der Waals surface area contributed by atoms with E-state index in [-0.39, 0.29) is 30.6 Å². The number of carbonyl (C=O) groups excluding carboxylic acids is 2. The van der Waals surface area contributed by atoms with Crippen LogP contribution in [0.15, 0.2) is 22.7 Å². The smallest absolute Gasteiger partial charge is 0.325 e. The van der Waals surface area contributed by atoms with Gasteiger partial charge in [0.2, 0.25) is 21.8 Å². The highest BCUT2D eigenvalue weighted by molar-refractivity contribution is 7.88. The minimum atomic E-state index is -3.87. The maximum atomic E-state index is 14.0. The molecule has 1 atom stereocenters. The number of ether oxygens (including phenoxy) is 1. The molecule has 0 spiro atoms. The zero-order valence-electron chi connectivity index (χ0n) is 17.2. The summed E-state index contributed by atoms with van der Waals surface area (Å²) < 4.78 is 52.1. The number of hydrogen-bond donors (Lipinski definition) is 2. The van der Waals surface area contributed by atoms with Crippen LogP contribution < -0.4 is 14.8 Å². The van der Waals surface area contributed by atoms with E-state index >= 15 is 0 Å². The summed E-state index contributed by atoms with van der Waals surface area (Å²) in [6.07, 6.45) is 2.14. The van der Waals surface area contributed by atoms with Gasteiger partial charge in [0.1, 0.15) is 18.8 Å². The van der Waals surface area contributed by atoms with Crippen molar-refractivity contribution in [2.24, 2.45) is 5.92 Å². The molecule has 4 rings (SSSR count). The summed E-state index contributed by atoms with van der Waals surface area (Å²) in [6, 6.07) is 2.97. The lowest BCUT2D eigenvalue weighted by molar-refractivity contribution is -0.118. The maximum absolute atomic E-state index is 14.0. The summed E-state index contributed by atoms with van der Waals surface area (Å²) in [6.45, 7) is 1.81. The Kier molecular flexibility index (Phi) is 6.11. The van der Waals surface area contributed by atoms with E-state index in [1.54, 1.807) is 6.92 Å². The van der Waals surface area contributed by atoms with Gasteiger partial charge in [0.05, 0.1) is 6.61 Å². The van der Waals surface area contributed by atoms with Gasteiger partial charge in [-0.15, -0.1) is 0 Å². The van der Waals surface area contributed by atoms with Gasteiger partial charge in [-0.05, 0) is 43.4 Å². The van der Waals surface area contributed by atoms with Gasteiger partial charge in [0.25, 0.3) is 0 Å². The molecule has 1 saturated heterocycles. The molecule has 1 aromatic carbocycles. The summed E-state index contributed by atoms with van der Waals surface area (Å²) in [4.78, 5) is 27.9. The van der Waals surface area contributed by atoms with Crippen LogP contribution in [0.4, 0.5) is 9.18 Å². The average molecular weight is 467 g/mol. The van der Waals surface area contributed by atoms with Crippen LogP contribution >= 0.6 is 0 Å². The minimum absolute atomic E-state index is 0.00378. The van der Waals surface area contributed by atoms with E-state index in [0.29, 0.717) is 18.1 Å². The normalized spacial score (nSPS) is 17.5. The van der Waals surface area contributed by atoms with Gasteiger partial charge in [0.15, 0.2) is 17.4 Å². The lowest BCUT2D eigenvalue weighted by Crippen LogP contribution is -2.29. The number of urea groups is 1. The topological polar surface area (TPSA) is 144 Å². The highest BCUT2D eigenvalue weighted by Gasteiger charge is 2.29. The molecule has 1 aliphatic carbocycles. The first-order valence-corrected chi connectivity index (χ1v) is 11.7. The zero-order valence-corrected chi connectivity index (χ0v) is 18.0. The number of hydrogen-bond acceptors (Lipinski definition) is 8. The summed E-state index contributed by atoms with van der Waals surface area (Å²) in [5.74, 6) is -1.06. The standard InChI is InChI=1S/C19H22FN5O6S/c1-11(13-4-5-14(20)15(6-13)30-9-12-2-3-12)24-32(28,29)10-16-21-18(31-23-16)8-25-7-17(26)22-19(25)27/h4-6,11-12,24H,2-3,7-10H2,1H3,(H,22,26,27). The van der Waals surface area contributed by atoms with Crippen LogP contribution in [0.5, 0.6) is 5.75 Å². The van der Waals surface area contributed by atoms with Crippen molar-refractivity contribution in [2.75, 3.05) is 13.2 Å². The van der Waals surface area contributed by atoms with Crippen molar-refractivity contribution in [2.45, 2.75) is 38.1 Å². The quantitative estimate of drug-likeness (QED) is 0.497. The van der Waals surface area contributed by atoms with Crippen LogP contribution in [0, 0.1) is 11.7 Å². The van der Waals surface area contributed by atoms with Crippen LogP contribution in [-0.2, 0) is 27.1 Å². The van der Waals surface area contributed by atoms with Gasteiger partial charge in [-0.1, -0.05) is 11.2 Å². The number of rotatable bonds is 10. The number of carbonyl (C=O) groups is 2. The van der Waals surface area contributed by atoms with Crippen molar-refractivity contribution in [1.29, 1.82) is 0 Å². The number of aromatic nitrogens is 2. The predicted molar refractivity (Wildman–Crippen MR) is 107 cm³/mol. The summed E-state index contributed by atoms with van der Waals surface area (Å²) in [7, 11) is -3.87. The summed E-state index contributed by atoms with van der Waals surface area (Å²) in [5.41, 5.74) is 0.541. The first-order chi connectivity index (χ1) is 15.2. The Morgan fingerprint density at radius 1 is 1.38 bits per heavy atom. The largest absolute Gasteiger partial charge is 0.490 e. The molecule has 0 radical (unpaired) electrons. The molecule has 3 amide bonds. The molecule has 0 bridgehead atoms. The average Bonchev–Trinajstić information content (AvgIpc) is 3.36. The Morgan fingerprint density at radius 3 is 2.84 bits per heavy atom. The molecule has 2 N–H and O–H groups in total. The molecule has 1 aromatic heterocycles. The van der Waals surface area contributed by atoms with E-state index in [2.05, 4.69) is 20.2 Å². The molecule has 2 fully saturated rings. The fourth-order valence-corrected chi connectivity index (χ4v) is 4.34. The van der Waals surface area contributed by atoms with E-state index in [0.717, 1.165) is 17.7 Å². The number of imide groups is 1. The van der Waals surface area contributed by atoms with Crippen LogP contribution in [0.1, 0.15) is 43.1 Å². The highest BCUT2D eigenvalue weighted by Crippen LogP contribution is 2.31. The third kappa shape index (κ3) is 5.59. The Hall–Kier alpha value is -3.06. The third-order valence-electron chi connectivity index (χ3n) is 5.01. The van der Waals surface area contributed by atoms with Gasteiger partial charge < -0.3 is 14.2 Å². The van der Waals surface area contributed by atoms with Gasteiger partial charge in [-0.2, -0.15) is 4.98 Å². The molecule has 2 aromatic rings. The van der Waals surface area contributed by atoms with Crippen LogP contribution in [-0.4, -0.2) is 48.5 Å². The Labute approximate surface area is 183 Å². The molecule has 32 heavy (non-hydrogen) atoms. The lowest BCUT2D eigenvalue weighted by atomic mass is 10.1. The molecule has 1 saturated carbocycles. The van der Waals surface area contributed by atoms with E-state index < -0.39 is 39.6 Å². The molecule has 2 heterocycles. The van der Waals surface area contributed by atoms with Crippen LogP contribution in [0.3, 0.4) is 0 Å². The third-order valence-corrected chi connectivity index (χ3v) is 6.36. The van der Waals surface area contributed by atoms with Crippen molar-refractivity contribution < 1.29 is 31.7 Å². The molecule has 1 unspecified atom stereocenters. The minimum Gasteiger partial charge on any atom is -0.490 e. The number of amides is 3. The first kappa shape index (κ1) is 22.1. The second-order valence-corrected chi connectivity index (χ2v) is 9.61. The predicted octanol–water partition coefficient (Wildman–Crippen LogP) is 1.23. The van der Waals surface area contributed by atoms with E-state index in [4.69, 9.17) is 9.26 Å². The zero-order chi connectivity index (χ0) is 22.9. The Balaban J connectivity index is 1.36. The lowest BCUT2D eigenvalue weighted by Gasteiger charge is -2.16. The summed E-state index contributed by atoms with van der Waals surface area (Å²) in [5, 5.41) is 5.73. The SMILES string of the molecule is CC(NS(=O)(=O)Cc1noc(CN2CC(=O)NC2=O)n1)c1ccc(F)c(OCC2CC2)c1. The van der Waals surface area contributed by atoms with E-state index in [1.165, 1.54) is 18.2 Å². The van der Waals surface area contributed by atoms with Gasteiger partial charge in [-0.25, -0.2) is 22.3 Å². The number of halogens is 1. The van der Waals surface area contributed by atoms with Crippen molar-refractivity contribution in [1.82, 2.24) is 25.1 Å². The monoisotopic (exact) mass is 467 g/mol. The second kappa shape index (κ2) is 8.82. The number of nitrogens with one attached hydrogen (secondary N) is 2. The van der Waals surface area contributed by atoms with Gasteiger partial charge in [0, 0.05) is 6.04 Å². The molecule has 11 nitrogen and oxygen atoms in total. The highest BCUT2D eigenvalue weighted by atomic mass is 32.2. The molecular formula is C19H22FN5O6S. The second-order valence-electron chi connectivity index (χ2n) is 7.86.